The van der Waals surface area contributed by atoms with Crippen LogP contribution in [0.2, 0.25) is 0 Å². The number of hydrogen-bond donors (Lipinski definition) is 1. The average molecular weight is 209 g/mol. The lowest BCUT2D eigenvalue weighted by atomic mass is 10.1. The summed E-state index contributed by atoms with van der Waals surface area (Å²) < 4.78 is 5.10. The molecule has 0 aromatic carbocycles. The Labute approximate surface area is 90.4 Å². The van der Waals surface area contributed by atoms with Gasteiger partial charge in [0.2, 0.25) is 5.89 Å². The number of nitrogens with one attached hydrogen (secondary N) is 1. The van der Waals surface area contributed by atoms with Crippen molar-refractivity contribution in [1.82, 2.24) is 15.5 Å². The second kappa shape index (κ2) is 5.26. The van der Waals surface area contributed by atoms with Gasteiger partial charge in [0, 0.05) is 18.9 Å². The van der Waals surface area contributed by atoms with E-state index >= 15 is 0 Å². The van der Waals surface area contributed by atoms with Crippen LogP contribution in [0.3, 0.4) is 0 Å². The maximum Gasteiger partial charge on any atom is 0.226 e. The van der Waals surface area contributed by atoms with Crippen LogP contribution in [0.25, 0.3) is 0 Å². The van der Waals surface area contributed by atoms with Crippen molar-refractivity contribution in [3.63, 3.8) is 0 Å². The first-order valence-corrected chi connectivity index (χ1v) is 5.93. The fourth-order valence-electron chi connectivity index (χ4n) is 2.01. The molecule has 0 bridgehead atoms. The molecule has 4 heteroatoms. The summed E-state index contributed by atoms with van der Waals surface area (Å²) in [7, 11) is 0. The molecule has 4 nitrogen and oxygen atoms in total. The lowest BCUT2D eigenvalue weighted by Crippen LogP contribution is -2.30. The Kier molecular flexibility index (Phi) is 3.72. The third kappa shape index (κ3) is 3.02. The molecule has 0 aliphatic carbocycles. The fourth-order valence-corrected chi connectivity index (χ4v) is 2.01. The van der Waals surface area contributed by atoms with Crippen molar-refractivity contribution in [2.24, 2.45) is 0 Å². The van der Waals surface area contributed by atoms with Gasteiger partial charge in [-0.25, -0.2) is 0 Å². The largest absolute Gasteiger partial charge is 0.339 e. The van der Waals surface area contributed by atoms with E-state index < -0.39 is 0 Å². The Morgan fingerprint density at radius 1 is 1.40 bits per heavy atom. The van der Waals surface area contributed by atoms with Gasteiger partial charge in [-0.1, -0.05) is 24.9 Å². The molecular formula is C11H19N3O. The fraction of sp³-hybridized carbons (Fsp3) is 0.818. The smallest absolute Gasteiger partial charge is 0.226 e. The Hall–Kier alpha value is -0.900. The molecule has 1 aliphatic rings. The van der Waals surface area contributed by atoms with Crippen LogP contribution in [0.15, 0.2) is 4.52 Å². The molecule has 0 saturated carbocycles. The van der Waals surface area contributed by atoms with Crippen LogP contribution in [0.5, 0.6) is 0 Å². The zero-order valence-electron chi connectivity index (χ0n) is 9.33. The number of aromatic nitrogens is 2. The molecule has 1 fully saturated rings. The molecule has 1 atom stereocenters. The second-order valence-corrected chi connectivity index (χ2v) is 4.16. The molecule has 1 aliphatic heterocycles. The van der Waals surface area contributed by atoms with Crippen LogP contribution in [0.1, 0.15) is 44.3 Å². The van der Waals surface area contributed by atoms with Crippen LogP contribution in [-0.4, -0.2) is 22.7 Å². The highest BCUT2D eigenvalue weighted by Crippen LogP contribution is 2.11. The summed E-state index contributed by atoms with van der Waals surface area (Å²) >= 11 is 0. The highest BCUT2D eigenvalue weighted by molar-refractivity contribution is 4.90. The van der Waals surface area contributed by atoms with Crippen molar-refractivity contribution < 1.29 is 4.52 Å². The lowest BCUT2D eigenvalue weighted by Gasteiger charge is -2.12. The molecule has 15 heavy (non-hydrogen) atoms. The van der Waals surface area contributed by atoms with Crippen molar-refractivity contribution in [1.29, 1.82) is 0 Å². The standard InChI is InChI=1S/C11H19N3O/c1-2-11-13-10(14-15-11)8-9-6-4-3-5-7-12-9/h9,12H,2-8H2,1H3. The van der Waals surface area contributed by atoms with Gasteiger partial charge in [-0.05, 0) is 19.4 Å². The van der Waals surface area contributed by atoms with Gasteiger partial charge in [0.1, 0.15) is 0 Å². The van der Waals surface area contributed by atoms with Crippen LogP contribution >= 0.6 is 0 Å². The van der Waals surface area contributed by atoms with Crippen molar-refractivity contribution in [3.8, 4) is 0 Å². The first-order valence-electron chi connectivity index (χ1n) is 5.93. The zero-order valence-corrected chi connectivity index (χ0v) is 9.33. The molecule has 1 unspecified atom stereocenters. The number of aryl methyl sites for hydroxylation is 1. The third-order valence-electron chi connectivity index (χ3n) is 2.90. The minimum Gasteiger partial charge on any atom is -0.339 e. The van der Waals surface area contributed by atoms with E-state index in [9.17, 15) is 0 Å². The van der Waals surface area contributed by atoms with Gasteiger partial charge in [-0.3, -0.25) is 0 Å². The average Bonchev–Trinajstić information content (AvgIpc) is 2.54. The van der Waals surface area contributed by atoms with E-state index in [0.29, 0.717) is 6.04 Å². The molecule has 84 valence electrons. The van der Waals surface area contributed by atoms with Gasteiger partial charge in [-0.2, -0.15) is 4.98 Å². The Morgan fingerprint density at radius 2 is 2.33 bits per heavy atom. The van der Waals surface area contributed by atoms with Gasteiger partial charge in [-0.15, -0.1) is 0 Å². The van der Waals surface area contributed by atoms with Crippen molar-refractivity contribution in [2.75, 3.05) is 6.54 Å². The molecule has 0 radical (unpaired) electrons. The van der Waals surface area contributed by atoms with Gasteiger partial charge in [0.05, 0.1) is 0 Å². The Balaban J connectivity index is 1.89. The maximum absolute atomic E-state index is 5.10. The molecule has 2 heterocycles. The molecule has 0 spiro atoms. The van der Waals surface area contributed by atoms with Gasteiger partial charge in [0.25, 0.3) is 0 Å². The normalized spacial score (nSPS) is 22.6. The summed E-state index contributed by atoms with van der Waals surface area (Å²) in [6.07, 6.45) is 6.92. The summed E-state index contributed by atoms with van der Waals surface area (Å²) in [5.41, 5.74) is 0. The SMILES string of the molecule is CCc1nc(CC2CCCCCN2)no1. The first-order chi connectivity index (χ1) is 7.38. The van der Waals surface area contributed by atoms with E-state index in [2.05, 4.69) is 15.5 Å². The van der Waals surface area contributed by atoms with E-state index in [1.54, 1.807) is 0 Å². The van der Waals surface area contributed by atoms with E-state index in [4.69, 9.17) is 4.52 Å². The number of hydrogen-bond acceptors (Lipinski definition) is 4. The van der Waals surface area contributed by atoms with Crippen LogP contribution in [0, 0.1) is 0 Å². The topological polar surface area (TPSA) is 51.0 Å². The van der Waals surface area contributed by atoms with Gasteiger partial charge in [0.15, 0.2) is 5.82 Å². The molecule has 1 saturated heterocycles. The predicted octanol–water partition coefficient (Wildman–Crippen LogP) is 1.71. The summed E-state index contributed by atoms with van der Waals surface area (Å²) in [5.74, 6) is 1.60. The predicted molar refractivity (Wildman–Crippen MR) is 57.6 cm³/mol. The summed E-state index contributed by atoms with van der Waals surface area (Å²) in [6.45, 7) is 3.16. The summed E-state index contributed by atoms with van der Waals surface area (Å²) in [6, 6.07) is 0.537. The summed E-state index contributed by atoms with van der Waals surface area (Å²) in [5, 5.41) is 7.52. The zero-order chi connectivity index (χ0) is 10.5. The molecule has 1 aromatic heterocycles. The van der Waals surface area contributed by atoms with E-state index in [1.165, 1.54) is 25.7 Å². The first kappa shape index (κ1) is 10.6. The lowest BCUT2D eigenvalue weighted by molar-refractivity contribution is 0.372. The number of nitrogens with zero attached hydrogens (tertiary/aromatic N) is 2. The highest BCUT2D eigenvalue weighted by atomic mass is 16.5. The van der Waals surface area contributed by atoms with Crippen molar-refractivity contribution in [2.45, 2.75) is 51.5 Å². The molecule has 1 aromatic rings. The minimum atomic E-state index is 0.537. The van der Waals surface area contributed by atoms with E-state index in [0.717, 1.165) is 31.1 Å². The third-order valence-corrected chi connectivity index (χ3v) is 2.90. The molecule has 0 amide bonds. The van der Waals surface area contributed by atoms with Crippen LogP contribution in [0.4, 0.5) is 0 Å². The van der Waals surface area contributed by atoms with E-state index in [-0.39, 0.29) is 0 Å². The van der Waals surface area contributed by atoms with Crippen LogP contribution in [-0.2, 0) is 12.8 Å². The number of rotatable bonds is 3. The maximum atomic E-state index is 5.10. The monoisotopic (exact) mass is 209 g/mol. The van der Waals surface area contributed by atoms with Crippen LogP contribution < -0.4 is 5.32 Å². The summed E-state index contributed by atoms with van der Waals surface area (Å²) in [4.78, 5) is 4.34. The highest BCUT2D eigenvalue weighted by Gasteiger charge is 2.15. The molecule has 2 rings (SSSR count). The quantitative estimate of drug-likeness (QED) is 0.823. The van der Waals surface area contributed by atoms with Gasteiger partial charge >= 0.3 is 0 Å². The minimum absolute atomic E-state index is 0.537. The van der Waals surface area contributed by atoms with Gasteiger partial charge < -0.3 is 9.84 Å². The van der Waals surface area contributed by atoms with Crippen molar-refractivity contribution in [3.05, 3.63) is 11.7 Å². The second-order valence-electron chi connectivity index (χ2n) is 4.16. The molecular weight excluding hydrogens is 190 g/mol. The van der Waals surface area contributed by atoms with Crippen molar-refractivity contribution >= 4 is 0 Å². The Bertz CT molecular complexity index is 290. The Morgan fingerprint density at radius 3 is 3.13 bits per heavy atom. The van der Waals surface area contributed by atoms with E-state index in [1.807, 2.05) is 6.92 Å². The molecule has 1 N–H and O–H groups in total.